The lowest BCUT2D eigenvalue weighted by atomic mass is 10.2. The molecule has 0 spiro atoms. The number of anilines is 3. The van der Waals surface area contributed by atoms with Gasteiger partial charge in [-0.05, 0) is 62.5 Å². The molecule has 2 N–H and O–H groups in total. The van der Waals surface area contributed by atoms with Crippen LogP contribution in [0.3, 0.4) is 0 Å². The van der Waals surface area contributed by atoms with Gasteiger partial charge in [0.2, 0.25) is 5.95 Å². The number of fused-ring (bicyclic) bond motifs is 1. The molecule has 9 nitrogen and oxygen atoms in total. The summed E-state index contributed by atoms with van der Waals surface area (Å²) in [6.45, 7) is 2.24. The second-order valence-electron chi connectivity index (χ2n) is 9.19. The van der Waals surface area contributed by atoms with Crippen molar-refractivity contribution in [2.24, 2.45) is 7.05 Å². The minimum absolute atomic E-state index is 0.262. The topological polar surface area (TPSA) is 87.5 Å². The number of hydrogen-bond acceptors (Lipinski definition) is 7. The second-order valence-corrected chi connectivity index (χ2v) is 9.19. The van der Waals surface area contributed by atoms with Gasteiger partial charge in [-0.2, -0.15) is 0 Å². The number of pyridine rings is 1. The summed E-state index contributed by atoms with van der Waals surface area (Å²) in [5.74, 6) is 1.64. The van der Waals surface area contributed by atoms with Crippen LogP contribution < -0.4 is 20.3 Å². The standard InChI is InChI=1S/C27H31N7O2/c1-28-26(35)24-16-22(11-13-29-24)36-21-9-10-25-23(15-21)31-27(34(25)4)30-18-5-7-19(8-6-18)33(3)20-12-14-32(2)17-20/h5-11,13,15-16,20H,12,14,17H2,1-4H3,(H,28,35)(H,30,31). The molecule has 1 unspecified atom stereocenters. The van der Waals surface area contributed by atoms with Crippen LogP contribution in [0.1, 0.15) is 16.9 Å². The van der Waals surface area contributed by atoms with Crippen LogP contribution in [0.15, 0.2) is 60.8 Å². The van der Waals surface area contributed by atoms with E-state index in [1.54, 1.807) is 25.4 Å². The lowest BCUT2D eigenvalue weighted by Gasteiger charge is -2.26. The lowest BCUT2D eigenvalue weighted by molar-refractivity contribution is 0.0958. The van der Waals surface area contributed by atoms with Crippen molar-refractivity contribution < 1.29 is 9.53 Å². The Kier molecular flexibility index (Phi) is 6.47. The summed E-state index contributed by atoms with van der Waals surface area (Å²) in [6, 6.07) is 18.1. The molecule has 1 aliphatic rings. The van der Waals surface area contributed by atoms with E-state index in [1.165, 1.54) is 12.1 Å². The largest absolute Gasteiger partial charge is 0.457 e. The monoisotopic (exact) mass is 485 g/mol. The van der Waals surface area contributed by atoms with Gasteiger partial charge in [-0.25, -0.2) is 4.98 Å². The fourth-order valence-electron chi connectivity index (χ4n) is 4.57. The van der Waals surface area contributed by atoms with Gasteiger partial charge in [-0.15, -0.1) is 0 Å². The van der Waals surface area contributed by atoms with Gasteiger partial charge in [-0.3, -0.25) is 9.78 Å². The van der Waals surface area contributed by atoms with Crippen molar-refractivity contribution >= 4 is 34.3 Å². The van der Waals surface area contributed by atoms with E-state index in [4.69, 9.17) is 9.72 Å². The van der Waals surface area contributed by atoms with Gasteiger partial charge in [0.1, 0.15) is 17.2 Å². The normalized spacial score (nSPS) is 15.7. The number of amides is 1. The molecule has 186 valence electrons. The molecule has 0 aliphatic carbocycles. The van der Waals surface area contributed by atoms with Crippen LogP contribution in [0.5, 0.6) is 11.5 Å². The van der Waals surface area contributed by atoms with E-state index in [2.05, 4.69) is 63.8 Å². The van der Waals surface area contributed by atoms with Crippen molar-refractivity contribution in [3.05, 3.63) is 66.5 Å². The van der Waals surface area contributed by atoms with Gasteiger partial charge in [0.25, 0.3) is 5.91 Å². The predicted molar refractivity (Wildman–Crippen MR) is 142 cm³/mol. The highest BCUT2D eigenvalue weighted by Crippen LogP contribution is 2.29. The fraction of sp³-hybridized carbons (Fsp3) is 0.296. The van der Waals surface area contributed by atoms with Crippen molar-refractivity contribution in [1.82, 2.24) is 24.8 Å². The molecular weight excluding hydrogens is 454 g/mol. The summed E-state index contributed by atoms with van der Waals surface area (Å²) in [7, 11) is 7.90. The molecule has 0 saturated carbocycles. The molecule has 1 aliphatic heterocycles. The van der Waals surface area contributed by atoms with Gasteiger partial charge in [-0.1, -0.05) is 0 Å². The van der Waals surface area contributed by atoms with Crippen molar-refractivity contribution in [3.63, 3.8) is 0 Å². The van der Waals surface area contributed by atoms with Gasteiger partial charge < -0.3 is 29.7 Å². The van der Waals surface area contributed by atoms with Crippen LogP contribution in [0, 0.1) is 0 Å². The smallest absolute Gasteiger partial charge is 0.269 e. The van der Waals surface area contributed by atoms with E-state index < -0.39 is 0 Å². The summed E-state index contributed by atoms with van der Waals surface area (Å²) in [6.07, 6.45) is 2.74. The molecule has 1 fully saturated rings. The molecule has 5 rings (SSSR count). The molecule has 1 atom stereocenters. The van der Waals surface area contributed by atoms with E-state index >= 15 is 0 Å². The Morgan fingerprint density at radius 1 is 1.08 bits per heavy atom. The van der Waals surface area contributed by atoms with Crippen LogP contribution in [-0.2, 0) is 7.05 Å². The maximum atomic E-state index is 11.9. The first-order valence-corrected chi connectivity index (χ1v) is 12.0. The number of hydrogen-bond donors (Lipinski definition) is 2. The molecular formula is C27H31N7O2. The van der Waals surface area contributed by atoms with Crippen LogP contribution in [-0.4, -0.2) is 65.6 Å². The predicted octanol–water partition coefficient (Wildman–Crippen LogP) is 4.00. The number of aromatic nitrogens is 3. The maximum absolute atomic E-state index is 11.9. The van der Waals surface area contributed by atoms with Crippen LogP contribution in [0.2, 0.25) is 0 Å². The number of benzene rings is 2. The minimum Gasteiger partial charge on any atom is -0.457 e. The average Bonchev–Trinajstić information content (AvgIpc) is 3.46. The molecule has 1 amide bonds. The quantitative estimate of drug-likeness (QED) is 0.409. The number of carbonyl (C=O) groups is 1. The fourth-order valence-corrected chi connectivity index (χ4v) is 4.57. The van der Waals surface area contributed by atoms with Gasteiger partial charge >= 0.3 is 0 Å². The van der Waals surface area contributed by atoms with Crippen molar-refractivity contribution in [2.45, 2.75) is 12.5 Å². The zero-order chi connectivity index (χ0) is 25.2. The Bertz CT molecular complexity index is 1380. The van der Waals surface area contributed by atoms with Crippen LogP contribution in [0.4, 0.5) is 17.3 Å². The Morgan fingerprint density at radius 3 is 2.58 bits per heavy atom. The van der Waals surface area contributed by atoms with Crippen molar-refractivity contribution in [3.8, 4) is 11.5 Å². The van der Waals surface area contributed by atoms with Crippen LogP contribution >= 0.6 is 0 Å². The molecule has 9 heteroatoms. The molecule has 2 aromatic carbocycles. The maximum Gasteiger partial charge on any atom is 0.269 e. The zero-order valence-electron chi connectivity index (χ0n) is 21.0. The summed E-state index contributed by atoms with van der Waals surface area (Å²) < 4.78 is 7.99. The highest BCUT2D eigenvalue weighted by atomic mass is 16.5. The van der Waals surface area contributed by atoms with E-state index in [9.17, 15) is 4.79 Å². The third-order valence-corrected chi connectivity index (χ3v) is 6.72. The lowest BCUT2D eigenvalue weighted by Crippen LogP contribution is -2.33. The van der Waals surface area contributed by atoms with Crippen molar-refractivity contribution in [2.75, 3.05) is 44.4 Å². The molecule has 4 aromatic rings. The first-order chi connectivity index (χ1) is 17.4. The van der Waals surface area contributed by atoms with Gasteiger partial charge in [0, 0.05) is 63.4 Å². The first kappa shape index (κ1) is 23.6. The van der Waals surface area contributed by atoms with Crippen LogP contribution in [0.25, 0.3) is 11.0 Å². The number of ether oxygens (including phenoxy) is 1. The van der Waals surface area contributed by atoms with Gasteiger partial charge in [0.15, 0.2) is 0 Å². The van der Waals surface area contributed by atoms with Gasteiger partial charge in [0.05, 0.1) is 11.0 Å². The highest BCUT2D eigenvalue weighted by Gasteiger charge is 2.23. The van der Waals surface area contributed by atoms with E-state index in [0.29, 0.717) is 23.2 Å². The number of nitrogens with zero attached hydrogens (tertiary/aromatic N) is 5. The SMILES string of the molecule is CNC(=O)c1cc(Oc2ccc3c(c2)nc(Nc2ccc(N(C)C4CCN(C)C4)cc2)n3C)ccn1. The number of rotatable bonds is 7. The number of likely N-dealkylation sites (tertiary alicyclic amines) is 1. The Labute approximate surface area is 210 Å². The number of nitrogens with one attached hydrogen (secondary N) is 2. The third kappa shape index (κ3) is 4.83. The molecule has 0 radical (unpaired) electrons. The number of carbonyl (C=O) groups excluding carboxylic acids is 1. The summed E-state index contributed by atoms with van der Waals surface area (Å²) >= 11 is 0. The second kappa shape index (κ2) is 9.87. The Hall–Kier alpha value is -4.11. The third-order valence-electron chi connectivity index (χ3n) is 6.72. The molecule has 2 aromatic heterocycles. The Balaban J connectivity index is 1.31. The Morgan fingerprint density at radius 2 is 1.86 bits per heavy atom. The zero-order valence-corrected chi connectivity index (χ0v) is 21.0. The summed E-state index contributed by atoms with van der Waals surface area (Å²) in [5, 5.41) is 6.00. The van der Waals surface area contributed by atoms with Crippen molar-refractivity contribution in [1.29, 1.82) is 0 Å². The first-order valence-electron chi connectivity index (χ1n) is 12.0. The van der Waals surface area contributed by atoms with E-state index in [1.807, 2.05) is 29.8 Å². The van der Waals surface area contributed by atoms with E-state index in [-0.39, 0.29) is 5.91 Å². The number of aryl methyl sites for hydroxylation is 1. The van der Waals surface area contributed by atoms with E-state index in [0.717, 1.165) is 35.8 Å². The summed E-state index contributed by atoms with van der Waals surface area (Å²) in [5.41, 5.74) is 4.27. The molecule has 1 saturated heterocycles. The number of likely N-dealkylation sites (N-methyl/N-ethyl adjacent to an activating group) is 2. The average molecular weight is 486 g/mol. The molecule has 0 bridgehead atoms. The molecule has 36 heavy (non-hydrogen) atoms. The number of imidazole rings is 1. The molecule has 3 heterocycles. The minimum atomic E-state index is -0.262. The summed E-state index contributed by atoms with van der Waals surface area (Å²) in [4.78, 5) is 25.4. The highest BCUT2D eigenvalue weighted by molar-refractivity contribution is 5.92.